The fourth-order valence-electron chi connectivity index (χ4n) is 9.02. The van der Waals surface area contributed by atoms with Gasteiger partial charge < -0.3 is 4.40 Å². The molecule has 0 saturated carbocycles. The van der Waals surface area contributed by atoms with Crippen molar-refractivity contribution in [1.82, 2.24) is 18.9 Å². The van der Waals surface area contributed by atoms with Crippen molar-refractivity contribution in [1.29, 1.82) is 0 Å². The molecule has 12 rings (SSSR count). The number of pyridine rings is 1. The monoisotopic (exact) mass is 738 g/mol. The maximum absolute atomic E-state index is 5.39. The average molecular weight is 739 g/mol. The molecular formula is C54H34N4. The predicted octanol–water partition coefficient (Wildman–Crippen LogP) is 14.0. The van der Waals surface area contributed by atoms with Gasteiger partial charge in [-0.25, -0.2) is 9.97 Å². The number of fused-ring (bicyclic) bond motifs is 12. The van der Waals surface area contributed by atoms with E-state index in [1.165, 1.54) is 65.6 Å². The Morgan fingerprint density at radius 1 is 0.293 bits per heavy atom. The van der Waals surface area contributed by atoms with Crippen LogP contribution < -0.4 is 0 Å². The highest BCUT2D eigenvalue weighted by Gasteiger charge is 2.21. The number of rotatable bonds is 5. The SMILES string of the molecule is c1ccc(-c2ccc(-c3cc(-n4c5ccccc5c5c6cc7c8ccccc8c8ccccc8n7c6ccc54)nc(-c4ccc(-c5ccccc5)cc4)n3)cc2)cc1. The number of para-hydroxylation sites is 2. The summed E-state index contributed by atoms with van der Waals surface area (Å²) in [5.74, 6) is 1.50. The van der Waals surface area contributed by atoms with Gasteiger partial charge in [-0.1, -0.05) is 170 Å². The first-order valence-corrected chi connectivity index (χ1v) is 19.7. The molecule has 0 bridgehead atoms. The number of nitrogens with zero attached hydrogens (tertiary/aromatic N) is 4. The van der Waals surface area contributed by atoms with Crippen LogP contribution in [0.1, 0.15) is 0 Å². The molecule has 0 aliphatic rings. The quantitative estimate of drug-likeness (QED) is 0.165. The maximum Gasteiger partial charge on any atom is 0.162 e. The highest BCUT2D eigenvalue weighted by molar-refractivity contribution is 6.24. The van der Waals surface area contributed by atoms with E-state index in [0.717, 1.165) is 39.2 Å². The Morgan fingerprint density at radius 3 is 1.45 bits per heavy atom. The van der Waals surface area contributed by atoms with Crippen LogP contribution in [-0.4, -0.2) is 18.9 Å². The molecule has 270 valence electrons. The zero-order valence-corrected chi connectivity index (χ0v) is 31.4. The van der Waals surface area contributed by atoms with Crippen LogP contribution in [0.4, 0.5) is 0 Å². The topological polar surface area (TPSA) is 35.1 Å². The van der Waals surface area contributed by atoms with E-state index >= 15 is 0 Å². The number of hydrogen-bond acceptors (Lipinski definition) is 2. The van der Waals surface area contributed by atoms with Gasteiger partial charge in [-0.2, -0.15) is 0 Å². The lowest BCUT2D eigenvalue weighted by atomic mass is 10.0. The zero-order valence-electron chi connectivity index (χ0n) is 31.4. The molecule has 0 aliphatic heterocycles. The van der Waals surface area contributed by atoms with Crippen LogP contribution in [0.5, 0.6) is 0 Å². The Hall–Kier alpha value is -7.82. The van der Waals surface area contributed by atoms with E-state index in [-0.39, 0.29) is 0 Å². The van der Waals surface area contributed by atoms with Crippen LogP contribution in [0.15, 0.2) is 206 Å². The van der Waals surface area contributed by atoms with Crippen LogP contribution in [0.3, 0.4) is 0 Å². The minimum atomic E-state index is 0.679. The molecule has 0 spiro atoms. The van der Waals surface area contributed by atoms with E-state index in [1.54, 1.807) is 0 Å². The average Bonchev–Trinajstić information content (AvgIpc) is 3.87. The van der Waals surface area contributed by atoms with Crippen molar-refractivity contribution in [2.45, 2.75) is 0 Å². The predicted molar refractivity (Wildman–Crippen MR) is 242 cm³/mol. The van der Waals surface area contributed by atoms with Gasteiger partial charge >= 0.3 is 0 Å². The second-order valence-corrected chi connectivity index (χ2v) is 15.0. The van der Waals surface area contributed by atoms with Crippen molar-refractivity contribution < 1.29 is 0 Å². The van der Waals surface area contributed by atoms with E-state index in [9.17, 15) is 0 Å². The van der Waals surface area contributed by atoms with E-state index in [0.29, 0.717) is 5.82 Å². The lowest BCUT2D eigenvalue weighted by molar-refractivity contribution is 1.05. The van der Waals surface area contributed by atoms with Gasteiger partial charge in [0.25, 0.3) is 0 Å². The van der Waals surface area contributed by atoms with Gasteiger partial charge in [-0.05, 0) is 58.0 Å². The molecule has 58 heavy (non-hydrogen) atoms. The van der Waals surface area contributed by atoms with E-state index < -0.39 is 0 Å². The second-order valence-electron chi connectivity index (χ2n) is 15.0. The first kappa shape index (κ1) is 32.4. The summed E-state index contributed by atoms with van der Waals surface area (Å²) >= 11 is 0. The molecule has 0 saturated heterocycles. The van der Waals surface area contributed by atoms with E-state index in [1.807, 2.05) is 6.07 Å². The maximum atomic E-state index is 5.39. The van der Waals surface area contributed by atoms with Gasteiger partial charge in [-0.15, -0.1) is 0 Å². The Balaban J connectivity index is 1.11. The summed E-state index contributed by atoms with van der Waals surface area (Å²) in [4.78, 5) is 10.6. The molecule has 0 fully saturated rings. The molecule has 4 nitrogen and oxygen atoms in total. The van der Waals surface area contributed by atoms with Crippen molar-refractivity contribution in [2.24, 2.45) is 0 Å². The van der Waals surface area contributed by atoms with Crippen LogP contribution in [0.25, 0.3) is 111 Å². The highest BCUT2D eigenvalue weighted by Crippen LogP contribution is 2.41. The summed E-state index contributed by atoms with van der Waals surface area (Å²) < 4.78 is 4.77. The third kappa shape index (κ3) is 5.02. The van der Waals surface area contributed by atoms with Crippen LogP contribution in [0.2, 0.25) is 0 Å². The molecule has 8 aromatic carbocycles. The molecule has 4 aromatic heterocycles. The third-order valence-corrected chi connectivity index (χ3v) is 11.7. The molecule has 12 aromatic rings. The number of aromatic nitrogens is 4. The van der Waals surface area contributed by atoms with Gasteiger partial charge in [0.1, 0.15) is 5.82 Å². The zero-order chi connectivity index (χ0) is 38.2. The molecule has 0 N–H and O–H groups in total. The van der Waals surface area contributed by atoms with Crippen molar-refractivity contribution >= 4 is 59.9 Å². The van der Waals surface area contributed by atoms with Gasteiger partial charge in [-0.3, -0.25) is 4.57 Å². The Bertz CT molecular complexity index is 3420. The van der Waals surface area contributed by atoms with Crippen LogP contribution >= 0.6 is 0 Å². The Kier molecular flexibility index (Phi) is 7.20. The third-order valence-electron chi connectivity index (χ3n) is 11.7. The van der Waals surface area contributed by atoms with Gasteiger partial charge in [0.15, 0.2) is 5.82 Å². The molecule has 4 heteroatoms. The van der Waals surface area contributed by atoms with Crippen molar-refractivity contribution in [3.8, 4) is 50.7 Å². The second kappa shape index (κ2) is 12.9. The van der Waals surface area contributed by atoms with E-state index in [2.05, 4.69) is 209 Å². The Labute approximate surface area is 334 Å². The molecular weight excluding hydrogens is 705 g/mol. The van der Waals surface area contributed by atoms with Crippen molar-refractivity contribution in [2.75, 3.05) is 0 Å². The largest absolute Gasteiger partial charge is 0.309 e. The fraction of sp³-hybridized carbons (Fsp3) is 0. The summed E-state index contributed by atoms with van der Waals surface area (Å²) in [6.45, 7) is 0. The van der Waals surface area contributed by atoms with Gasteiger partial charge in [0, 0.05) is 44.1 Å². The van der Waals surface area contributed by atoms with Gasteiger partial charge in [0.2, 0.25) is 0 Å². The van der Waals surface area contributed by atoms with Gasteiger partial charge in [0.05, 0.1) is 33.3 Å². The minimum absolute atomic E-state index is 0.679. The summed E-state index contributed by atoms with van der Waals surface area (Å²) in [6.07, 6.45) is 0. The fourth-order valence-corrected chi connectivity index (χ4v) is 9.02. The van der Waals surface area contributed by atoms with E-state index in [4.69, 9.17) is 9.97 Å². The molecule has 0 unspecified atom stereocenters. The summed E-state index contributed by atoms with van der Waals surface area (Å²) in [5, 5.41) is 7.38. The number of benzene rings is 8. The van der Waals surface area contributed by atoms with Crippen molar-refractivity contribution in [3.63, 3.8) is 0 Å². The first-order valence-electron chi connectivity index (χ1n) is 19.7. The standard InChI is InChI=1S/C54H34N4/c1-3-13-35(14-4-1)37-23-27-39(28-24-37)46-34-52(56-54(55-46)40-29-25-38(26-30-40)36-15-5-2-6-16-36)58-48-22-12-10-20-44(48)53-45-33-51-43-19-8-7-17-41(43)42-18-9-11-21-47(42)57(51)49(45)31-32-50(53)58/h1-34H. The summed E-state index contributed by atoms with van der Waals surface area (Å²) in [5.41, 5.74) is 13.4. The number of hydrogen-bond donors (Lipinski definition) is 0. The lowest BCUT2D eigenvalue weighted by Crippen LogP contribution is -2.02. The molecule has 0 atom stereocenters. The summed E-state index contributed by atoms with van der Waals surface area (Å²) in [6, 6.07) is 73.7. The van der Waals surface area contributed by atoms with Crippen LogP contribution in [-0.2, 0) is 0 Å². The molecule has 0 amide bonds. The normalized spacial score (nSPS) is 11.8. The van der Waals surface area contributed by atoms with Crippen molar-refractivity contribution in [3.05, 3.63) is 206 Å². The lowest BCUT2D eigenvalue weighted by Gasteiger charge is -2.13. The van der Waals surface area contributed by atoms with Crippen LogP contribution in [0, 0.1) is 0 Å². The summed E-state index contributed by atoms with van der Waals surface area (Å²) in [7, 11) is 0. The molecule has 0 aliphatic carbocycles. The molecule has 0 radical (unpaired) electrons. The smallest absolute Gasteiger partial charge is 0.162 e. The Morgan fingerprint density at radius 2 is 0.776 bits per heavy atom. The molecule has 4 heterocycles. The highest BCUT2D eigenvalue weighted by atomic mass is 15.1. The minimum Gasteiger partial charge on any atom is -0.309 e. The first-order chi connectivity index (χ1) is 28.8.